The van der Waals surface area contributed by atoms with E-state index < -0.39 is 6.10 Å². The maximum Gasteiger partial charge on any atom is 0.306 e. The van der Waals surface area contributed by atoms with E-state index in [1.807, 2.05) is 0 Å². The minimum atomic E-state index is -0.775. The average Bonchev–Trinajstić information content (AvgIpc) is 3.41. The number of hydrogen-bond donors (Lipinski definition) is 0. The van der Waals surface area contributed by atoms with Gasteiger partial charge in [0.05, 0.1) is 0 Å². The van der Waals surface area contributed by atoms with Crippen LogP contribution in [0, 0.1) is 0 Å². The molecule has 0 N–H and O–H groups in total. The van der Waals surface area contributed by atoms with E-state index in [1.165, 1.54) is 225 Å². The maximum absolute atomic E-state index is 12.9. The van der Waals surface area contributed by atoms with Gasteiger partial charge in [-0.25, -0.2) is 0 Å². The molecule has 0 fully saturated rings. The van der Waals surface area contributed by atoms with Crippen molar-refractivity contribution in [1.82, 2.24) is 0 Å². The second-order valence-electron chi connectivity index (χ2n) is 22.4. The normalized spacial score (nSPS) is 12.3. The summed E-state index contributed by atoms with van der Waals surface area (Å²) in [5, 5.41) is 0. The number of carbonyl (C=O) groups is 3. The fourth-order valence-corrected chi connectivity index (χ4v) is 9.91. The van der Waals surface area contributed by atoms with E-state index in [0.717, 1.165) is 89.9 Å². The van der Waals surface area contributed by atoms with Crippen LogP contribution in [0.4, 0.5) is 0 Å². The molecule has 0 saturated heterocycles. The predicted molar refractivity (Wildman–Crippen MR) is 325 cm³/mol. The number of ether oxygens (including phenoxy) is 3. The molecule has 0 aromatic carbocycles. The van der Waals surface area contributed by atoms with E-state index in [1.54, 1.807) is 0 Å². The third-order valence-electron chi connectivity index (χ3n) is 14.8. The highest BCUT2D eigenvalue weighted by molar-refractivity contribution is 5.71. The van der Waals surface area contributed by atoms with Gasteiger partial charge in [0.1, 0.15) is 13.2 Å². The SMILES string of the molecule is CC/C=C\C/C=C\C/C=C\C/C=C\CCCCCCCCCCC(=O)OC(COC(=O)CCCCCCCCCCCCCCC)COC(=O)CCCCCCCCCCCCCCCCCCCCCCCCC. The van der Waals surface area contributed by atoms with Gasteiger partial charge in [0.15, 0.2) is 6.10 Å². The minimum absolute atomic E-state index is 0.0712. The van der Waals surface area contributed by atoms with Gasteiger partial charge in [-0.15, -0.1) is 0 Å². The van der Waals surface area contributed by atoms with Crippen LogP contribution in [0.2, 0.25) is 0 Å². The Bertz CT molecular complexity index is 1300. The standard InChI is InChI=1S/C69H126O6/c1-4-7-10-13-16-19-22-25-27-29-31-33-34-36-37-39-41-44-47-50-53-56-59-62-68(71)74-65-66(64-73-67(70)61-58-55-52-49-46-43-24-21-18-15-12-9-6-3)75-69(72)63-60-57-54-51-48-45-42-40-38-35-32-30-28-26-23-20-17-14-11-8-5-2/h8,11,17,20,26,28,32,35,66H,4-7,9-10,12-16,18-19,21-25,27,29-31,33-34,36-65H2,1-3H3/b11-8-,20-17-,28-26-,35-32-. The van der Waals surface area contributed by atoms with E-state index >= 15 is 0 Å². The first-order chi connectivity index (χ1) is 37.0. The van der Waals surface area contributed by atoms with Crippen LogP contribution >= 0.6 is 0 Å². The smallest absolute Gasteiger partial charge is 0.306 e. The highest BCUT2D eigenvalue weighted by Crippen LogP contribution is 2.18. The van der Waals surface area contributed by atoms with Gasteiger partial charge >= 0.3 is 17.9 Å². The zero-order valence-electron chi connectivity index (χ0n) is 50.3. The zero-order valence-corrected chi connectivity index (χ0v) is 50.3. The Morgan fingerprint density at radius 3 is 0.813 bits per heavy atom. The molecule has 1 unspecified atom stereocenters. The molecule has 6 heteroatoms. The van der Waals surface area contributed by atoms with E-state index in [2.05, 4.69) is 69.4 Å². The van der Waals surface area contributed by atoms with Crippen LogP contribution in [0.3, 0.4) is 0 Å². The highest BCUT2D eigenvalue weighted by atomic mass is 16.6. The molecule has 0 heterocycles. The lowest BCUT2D eigenvalue weighted by molar-refractivity contribution is -0.167. The van der Waals surface area contributed by atoms with Gasteiger partial charge in [0.25, 0.3) is 0 Å². The first kappa shape index (κ1) is 72.4. The van der Waals surface area contributed by atoms with Crippen LogP contribution in [-0.2, 0) is 28.6 Å². The lowest BCUT2D eigenvalue weighted by atomic mass is 10.0. The van der Waals surface area contributed by atoms with Crippen LogP contribution < -0.4 is 0 Å². The average molecular weight is 1050 g/mol. The summed E-state index contributed by atoms with van der Waals surface area (Å²) in [5.41, 5.74) is 0. The number of esters is 3. The first-order valence-corrected chi connectivity index (χ1v) is 33.1. The summed E-state index contributed by atoms with van der Waals surface area (Å²) < 4.78 is 17.0. The molecule has 0 aliphatic carbocycles. The monoisotopic (exact) mass is 1050 g/mol. The number of allylic oxidation sites excluding steroid dienone is 8. The van der Waals surface area contributed by atoms with Crippen molar-refractivity contribution in [3.63, 3.8) is 0 Å². The summed E-state index contributed by atoms with van der Waals surface area (Å²) in [5.74, 6) is -0.855. The number of rotatable bonds is 61. The molecule has 0 aliphatic rings. The van der Waals surface area contributed by atoms with E-state index in [4.69, 9.17) is 14.2 Å². The first-order valence-electron chi connectivity index (χ1n) is 33.1. The van der Waals surface area contributed by atoms with E-state index in [9.17, 15) is 14.4 Å². The van der Waals surface area contributed by atoms with Crippen LogP contribution in [0.1, 0.15) is 355 Å². The largest absolute Gasteiger partial charge is 0.462 e. The molecule has 0 saturated carbocycles. The van der Waals surface area contributed by atoms with Crippen molar-refractivity contribution in [2.24, 2.45) is 0 Å². The van der Waals surface area contributed by atoms with Gasteiger partial charge in [-0.2, -0.15) is 0 Å². The lowest BCUT2D eigenvalue weighted by Crippen LogP contribution is -2.30. The minimum Gasteiger partial charge on any atom is -0.462 e. The van der Waals surface area contributed by atoms with Crippen LogP contribution in [0.15, 0.2) is 48.6 Å². The molecular formula is C69H126O6. The van der Waals surface area contributed by atoms with E-state index in [0.29, 0.717) is 19.3 Å². The Labute approximate surface area is 467 Å². The molecule has 0 spiro atoms. The van der Waals surface area contributed by atoms with Crippen LogP contribution in [-0.4, -0.2) is 37.2 Å². The van der Waals surface area contributed by atoms with Gasteiger partial charge in [0, 0.05) is 19.3 Å². The number of carbonyl (C=O) groups excluding carboxylic acids is 3. The Hall–Kier alpha value is -2.63. The Kier molecular flexibility index (Phi) is 61.7. The summed E-state index contributed by atoms with van der Waals surface area (Å²) in [4.78, 5) is 38.3. The van der Waals surface area contributed by atoms with Crippen molar-refractivity contribution >= 4 is 17.9 Å². The van der Waals surface area contributed by atoms with Crippen molar-refractivity contribution < 1.29 is 28.6 Å². The maximum atomic E-state index is 12.9. The van der Waals surface area contributed by atoms with Crippen molar-refractivity contribution in [2.75, 3.05) is 13.2 Å². The molecule has 0 rings (SSSR count). The molecule has 75 heavy (non-hydrogen) atoms. The number of unbranched alkanes of at least 4 members (excludes halogenated alkanes) is 42. The zero-order chi connectivity index (χ0) is 54.3. The third kappa shape index (κ3) is 62.1. The molecule has 6 nitrogen and oxygen atoms in total. The van der Waals surface area contributed by atoms with Gasteiger partial charge in [-0.1, -0.05) is 326 Å². The van der Waals surface area contributed by atoms with Crippen molar-refractivity contribution in [2.45, 2.75) is 361 Å². The van der Waals surface area contributed by atoms with Crippen LogP contribution in [0.5, 0.6) is 0 Å². The fourth-order valence-electron chi connectivity index (χ4n) is 9.91. The molecular weight excluding hydrogens is 925 g/mol. The molecule has 0 bridgehead atoms. The van der Waals surface area contributed by atoms with Gasteiger partial charge < -0.3 is 14.2 Å². The van der Waals surface area contributed by atoms with E-state index in [-0.39, 0.29) is 31.1 Å². The fraction of sp³-hybridized carbons (Fsp3) is 0.841. The molecule has 1 atom stereocenters. The Morgan fingerprint density at radius 1 is 0.280 bits per heavy atom. The number of hydrogen-bond acceptors (Lipinski definition) is 6. The lowest BCUT2D eigenvalue weighted by Gasteiger charge is -2.18. The predicted octanol–water partition coefficient (Wildman–Crippen LogP) is 22.6. The summed E-state index contributed by atoms with van der Waals surface area (Å²) in [6.45, 7) is 6.58. The summed E-state index contributed by atoms with van der Waals surface area (Å²) in [6.07, 6.45) is 79.8. The molecule has 0 amide bonds. The molecule has 0 aromatic rings. The topological polar surface area (TPSA) is 78.9 Å². The molecule has 0 aromatic heterocycles. The molecule has 0 aliphatic heterocycles. The van der Waals surface area contributed by atoms with Crippen molar-refractivity contribution in [3.8, 4) is 0 Å². The Balaban J connectivity index is 4.28. The molecule has 0 radical (unpaired) electrons. The summed E-state index contributed by atoms with van der Waals surface area (Å²) >= 11 is 0. The highest BCUT2D eigenvalue weighted by Gasteiger charge is 2.19. The molecule has 438 valence electrons. The second-order valence-corrected chi connectivity index (χ2v) is 22.4. The Morgan fingerprint density at radius 2 is 0.520 bits per heavy atom. The summed E-state index contributed by atoms with van der Waals surface area (Å²) in [6, 6.07) is 0. The van der Waals surface area contributed by atoms with Crippen LogP contribution in [0.25, 0.3) is 0 Å². The van der Waals surface area contributed by atoms with Gasteiger partial charge in [-0.05, 0) is 57.8 Å². The quantitative estimate of drug-likeness (QED) is 0.0261. The van der Waals surface area contributed by atoms with Crippen molar-refractivity contribution in [1.29, 1.82) is 0 Å². The van der Waals surface area contributed by atoms with Gasteiger partial charge in [0.2, 0.25) is 0 Å². The van der Waals surface area contributed by atoms with Crippen molar-refractivity contribution in [3.05, 3.63) is 48.6 Å². The third-order valence-corrected chi connectivity index (χ3v) is 14.8. The second kappa shape index (κ2) is 63.9. The summed E-state index contributed by atoms with van der Waals surface area (Å²) in [7, 11) is 0. The van der Waals surface area contributed by atoms with Gasteiger partial charge in [-0.3, -0.25) is 14.4 Å².